The summed E-state index contributed by atoms with van der Waals surface area (Å²) in [5.41, 5.74) is 1.49. The molecule has 0 aliphatic carbocycles. The number of aromatic nitrogens is 1. The zero-order valence-electron chi connectivity index (χ0n) is 11.1. The molecule has 2 N–H and O–H groups in total. The van der Waals surface area contributed by atoms with Crippen LogP contribution in [0.25, 0.3) is 10.9 Å². The van der Waals surface area contributed by atoms with E-state index in [1.54, 1.807) is 11.1 Å². The van der Waals surface area contributed by atoms with Crippen LogP contribution in [0.1, 0.15) is 12.8 Å². The summed E-state index contributed by atoms with van der Waals surface area (Å²) in [5, 5.41) is 13.2. The minimum atomic E-state index is -0.167. The Morgan fingerprint density at radius 1 is 1.40 bits per heavy atom. The number of hydrogen-bond donors (Lipinski definition) is 2. The molecule has 1 aliphatic heterocycles. The van der Waals surface area contributed by atoms with Crippen LogP contribution in [0, 0.1) is 0 Å². The van der Waals surface area contributed by atoms with Crippen LogP contribution in [0.3, 0.4) is 0 Å². The molecule has 2 aromatic rings. The second-order valence-corrected chi connectivity index (χ2v) is 4.98. The normalized spacial score (nSPS) is 18.4. The molecule has 0 spiro atoms. The lowest BCUT2D eigenvalue weighted by atomic mass is 10.2. The Bertz CT molecular complexity index is 624. The van der Waals surface area contributed by atoms with Gasteiger partial charge in [-0.1, -0.05) is 18.2 Å². The topological polar surface area (TPSA) is 65.5 Å². The highest BCUT2D eigenvalue weighted by atomic mass is 16.3. The van der Waals surface area contributed by atoms with E-state index in [2.05, 4.69) is 10.3 Å². The molecule has 5 heteroatoms. The molecule has 2 amide bonds. The molecule has 1 aromatic carbocycles. The van der Waals surface area contributed by atoms with E-state index in [0.717, 1.165) is 23.7 Å². The van der Waals surface area contributed by atoms with Gasteiger partial charge in [-0.3, -0.25) is 4.98 Å². The van der Waals surface area contributed by atoms with Gasteiger partial charge in [0.05, 0.1) is 23.9 Å². The predicted molar refractivity (Wildman–Crippen MR) is 77.6 cm³/mol. The molecule has 104 valence electrons. The van der Waals surface area contributed by atoms with Crippen LogP contribution in [0.4, 0.5) is 10.5 Å². The van der Waals surface area contributed by atoms with Crippen LogP contribution in [0.15, 0.2) is 36.5 Å². The molecule has 0 radical (unpaired) electrons. The van der Waals surface area contributed by atoms with Crippen molar-refractivity contribution in [3.63, 3.8) is 0 Å². The van der Waals surface area contributed by atoms with Crippen LogP contribution in [0.2, 0.25) is 0 Å². The van der Waals surface area contributed by atoms with Gasteiger partial charge in [0.25, 0.3) is 0 Å². The Labute approximate surface area is 117 Å². The number of pyridine rings is 1. The third-order valence-corrected chi connectivity index (χ3v) is 3.72. The van der Waals surface area contributed by atoms with Crippen molar-refractivity contribution in [3.05, 3.63) is 36.5 Å². The summed E-state index contributed by atoms with van der Waals surface area (Å²) < 4.78 is 0. The number of benzene rings is 1. The second kappa shape index (κ2) is 5.46. The van der Waals surface area contributed by atoms with Crippen molar-refractivity contribution in [2.75, 3.05) is 18.5 Å². The SMILES string of the molecule is O=C(Nc1cccc2cccnc12)N1CCC[C@H]1CO. The van der Waals surface area contributed by atoms with Crippen LogP contribution < -0.4 is 5.32 Å². The van der Waals surface area contributed by atoms with Crippen molar-refractivity contribution in [1.82, 2.24) is 9.88 Å². The number of rotatable bonds is 2. The van der Waals surface area contributed by atoms with Gasteiger partial charge in [-0.15, -0.1) is 0 Å². The molecular formula is C15H17N3O2. The number of amides is 2. The Morgan fingerprint density at radius 3 is 3.10 bits per heavy atom. The van der Waals surface area contributed by atoms with E-state index in [-0.39, 0.29) is 18.7 Å². The fourth-order valence-electron chi connectivity index (χ4n) is 2.68. The number of nitrogens with one attached hydrogen (secondary N) is 1. The fraction of sp³-hybridized carbons (Fsp3) is 0.333. The number of urea groups is 1. The van der Waals surface area contributed by atoms with Crippen LogP contribution in [0.5, 0.6) is 0 Å². The number of anilines is 1. The lowest BCUT2D eigenvalue weighted by Gasteiger charge is -2.23. The third-order valence-electron chi connectivity index (χ3n) is 3.72. The molecule has 3 rings (SSSR count). The summed E-state index contributed by atoms with van der Waals surface area (Å²) in [6.45, 7) is 0.705. The standard InChI is InChI=1S/C15H17N3O2/c19-10-12-6-3-9-18(12)15(20)17-13-7-1-4-11-5-2-8-16-14(11)13/h1-2,4-5,7-8,12,19H,3,6,9-10H2,(H,17,20)/t12-/m0/s1. The number of likely N-dealkylation sites (tertiary alicyclic amines) is 1. The molecule has 1 fully saturated rings. The quantitative estimate of drug-likeness (QED) is 0.880. The number of carbonyl (C=O) groups excluding carboxylic acids is 1. The number of para-hydroxylation sites is 1. The maximum absolute atomic E-state index is 12.3. The Morgan fingerprint density at radius 2 is 2.25 bits per heavy atom. The van der Waals surface area contributed by atoms with Gasteiger partial charge in [0.1, 0.15) is 0 Å². The number of hydrogen-bond acceptors (Lipinski definition) is 3. The van der Waals surface area contributed by atoms with E-state index >= 15 is 0 Å². The van der Waals surface area contributed by atoms with E-state index in [9.17, 15) is 9.90 Å². The number of aliphatic hydroxyl groups excluding tert-OH is 1. The first-order valence-electron chi connectivity index (χ1n) is 6.82. The van der Waals surface area contributed by atoms with Crippen LogP contribution >= 0.6 is 0 Å². The van der Waals surface area contributed by atoms with Gasteiger partial charge < -0.3 is 15.3 Å². The van der Waals surface area contributed by atoms with Gasteiger partial charge >= 0.3 is 6.03 Å². The predicted octanol–water partition coefficient (Wildman–Crippen LogP) is 2.22. The molecule has 2 heterocycles. The van der Waals surface area contributed by atoms with Crippen LogP contribution in [-0.2, 0) is 0 Å². The van der Waals surface area contributed by atoms with Gasteiger partial charge in [-0.2, -0.15) is 0 Å². The highest BCUT2D eigenvalue weighted by molar-refractivity contribution is 5.99. The fourth-order valence-corrected chi connectivity index (χ4v) is 2.68. The van der Waals surface area contributed by atoms with Crippen molar-refractivity contribution < 1.29 is 9.90 Å². The molecular weight excluding hydrogens is 254 g/mol. The first-order chi connectivity index (χ1) is 9.79. The monoisotopic (exact) mass is 271 g/mol. The van der Waals surface area contributed by atoms with Crippen LogP contribution in [-0.4, -0.2) is 40.2 Å². The molecule has 1 aliphatic rings. The minimum absolute atomic E-state index is 0.0151. The first kappa shape index (κ1) is 12.9. The summed E-state index contributed by atoms with van der Waals surface area (Å²) in [6, 6.07) is 9.30. The van der Waals surface area contributed by atoms with E-state index in [0.29, 0.717) is 12.2 Å². The van der Waals surface area contributed by atoms with E-state index < -0.39 is 0 Å². The van der Waals surface area contributed by atoms with Crippen molar-refractivity contribution in [2.24, 2.45) is 0 Å². The zero-order valence-corrected chi connectivity index (χ0v) is 11.1. The Balaban J connectivity index is 1.84. The zero-order chi connectivity index (χ0) is 13.9. The molecule has 20 heavy (non-hydrogen) atoms. The van der Waals surface area contributed by atoms with Crippen molar-refractivity contribution in [2.45, 2.75) is 18.9 Å². The number of carbonyl (C=O) groups is 1. The Hall–Kier alpha value is -2.14. The van der Waals surface area contributed by atoms with Crippen molar-refractivity contribution >= 4 is 22.6 Å². The van der Waals surface area contributed by atoms with Gasteiger partial charge in [0, 0.05) is 18.1 Å². The molecule has 1 aromatic heterocycles. The summed E-state index contributed by atoms with van der Waals surface area (Å²) in [5.74, 6) is 0. The summed E-state index contributed by atoms with van der Waals surface area (Å²) in [4.78, 5) is 18.3. The third kappa shape index (κ3) is 2.32. The lowest BCUT2D eigenvalue weighted by Crippen LogP contribution is -2.40. The second-order valence-electron chi connectivity index (χ2n) is 4.98. The minimum Gasteiger partial charge on any atom is -0.394 e. The highest BCUT2D eigenvalue weighted by Gasteiger charge is 2.28. The van der Waals surface area contributed by atoms with Gasteiger partial charge in [-0.25, -0.2) is 4.79 Å². The molecule has 5 nitrogen and oxygen atoms in total. The summed E-state index contributed by atoms with van der Waals surface area (Å²) in [7, 11) is 0. The molecule has 1 atom stereocenters. The van der Waals surface area contributed by atoms with E-state index in [1.165, 1.54) is 0 Å². The van der Waals surface area contributed by atoms with Gasteiger partial charge in [0.15, 0.2) is 0 Å². The average molecular weight is 271 g/mol. The van der Waals surface area contributed by atoms with E-state index in [4.69, 9.17) is 0 Å². The van der Waals surface area contributed by atoms with Crippen molar-refractivity contribution in [3.8, 4) is 0 Å². The summed E-state index contributed by atoms with van der Waals surface area (Å²) >= 11 is 0. The maximum Gasteiger partial charge on any atom is 0.322 e. The molecule has 0 bridgehead atoms. The van der Waals surface area contributed by atoms with Gasteiger partial charge in [-0.05, 0) is 25.0 Å². The number of fused-ring (bicyclic) bond motifs is 1. The van der Waals surface area contributed by atoms with E-state index in [1.807, 2.05) is 30.3 Å². The number of aliphatic hydroxyl groups is 1. The average Bonchev–Trinajstić information content (AvgIpc) is 2.96. The molecule has 1 saturated heterocycles. The maximum atomic E-state index is 12.3. The smallest absolute Gasteiger partial charge is 0.322 e. The molecule has 0 unspecified atom stereocenters. The van der Waals surface area contributed by atoms with Crippen molar-refractivity contribution in [1.29, 1.82) is 0 Å². The lowest BCUT2D eigenvalue weighted by molar-refractivity contribution is 0.166. The molecule has 0 saturated carbocycles. The first-order valence-corrected chi connectivity index (χ1v) is 6.82. The largest absolute Gasteiger partial charge is 0.394 e. The van der Waals surface area contributed by atoms with Gasteiger partial charge in [0.2, 0.25) is 0 Å². The summed E-state index contributed by atoms with van der Waals surface area (Å²) in [6.07, 6.45) is 3.51. The highest BCUT2D eigenvalue weighted by Crippen LogP contribution is 2.23. The Kier molecular flexibility index (Phi) is 3.52. The number of nitrogens with zero attached hydrogens (tertiary/aromatic N) is 2.